The summed E-state index contributed by atoms with van der Waals surface area (Å²) < 4.78 is 75.0. The van der Waals surface area contributed by atoms with E-state index in [4.69, 9.17) is 4.74 Å². The van der Waals surface area contributed by atoms with Gasteiger partial charge in [-0.05, 0) is 53.6 Å². The molecule has 2 aromatic carbocycles. The van der Waals surface area contributed by atoms with E-state index in [1.54, 1.807) is 24.3 Å². The van der Waals surface area contributed by atoms with E-state index in [0.717, 1.165) is 12.1 Å². The number of halogens is 5. The number of ether oxygens (including phenoxy) is 1. The summed E-state index contributed by atoms with van der Waals surface area (Å²) in [5.41, 5.74) is -0.837. The Morgan fingerprint density at radius 3 is 2.71 bits per heavy atom. The second-order valence-electron chi connectivity index (χ2n) is 10.2. The summed E-state index contributed by atoms with van der Waals surface area (Å²) in [7, 11) is 0. The van der Waals surface area contributed by atoms with Gasteiger partial charge in [-0.15, -0.1) is 0 Å². The molecular formula is C27H22F5N5O3S. The Kier molecular flexibility index (Phi) is 6.55. The molecule has 1 aromatic heterocycles. The van der Waals surface area contributed by atoms with Crippen molar-refractivity contribution in [2.24, 2.45) is 4.99 Å². The first-order valence-electron chi connectivity index (χ1n) is 12.6. The third-order valence-corrected chi connectivity index (χ3v) is 8.22. The van der Waals surface area contributed by atoms with Crippen molar-refractivity contribution in [1.82, 2.24) is 20.0 Å². The molecule has 2 amide bonds. The van der Waals surface area contributed by atoms with Crippen LogP contribution in [0.2, 0.25) is 0 Å². The molecule has 2 fully saturated rings. The number of carbonyl (C=O) groups excluding carboxylic acids is 2. The molecule has 41 heavy (non-hydrogen) atoms. The van der Waals surface area contributed by atoms with Gasteiger partial charge in [0, 0.05) is 24.4 Å². The van der Waals surface area contributed by atoms with Gasteiger partial charge in [0.15, 0.2) is 5.17 Å². The van der Waals surface area contributed by atoms with Crippen LogP contribution in [0.25, 0.3) is 17.0 Å². The van der Waals surface area contributed by atoms with Gasteiger partial charge in [-0.2, -0.15) is 23.3 Å². The second kappa shape index (κ2) is 9.86. The molecular weight excluding hydrogens is 569 g/mol. The highest BCUT2D eigenvalue weighted by Gasteiger charge is 2.41. The first-order valence-corrected chi connectivity index (χ1v) is 13.4. The number of thioether (sulfide) groups is 1. The zero-order chi connectivity index (χ0) is 29.1. The van der Waals surface area contributed by atoms with Crippen LogP contribution in [0.15, 0.2) is 52.5 Å². The van der Waals surface area contributed by atoms with Crippen LogP contribution in [-0.4, -0.2) is 57.1 Å². The Morgan fingerprint density at radius 1 is 1.15 bits per heavy atom. The lowest BCUT2D eigenvalue weighted by molar-refractivity contribution is -0.138. The number of hydrogen-bond donors (Lipinski definition) is 1. The summed E-state index contributed by atoms with van der Waals surface area (Å²) in [5.74, 6) is -3.81. The lowest BCUT2D eigenvalue weighted by Crippen LogP contribution is -2.42. The first-order chi connectivity index (χ1) is 19.3. The van der Waals surface area contributed by atoms with Crippen LogP contribution in [0, 0.1) is 0 Å². The van der Waals surface area contributed by atoms with Crippen molar-refractivity contribution < 1.29 is 36.3 Å². The van der Waals surface area contributed by atoms with E-state index >= 15 is 0 Å². The Hall–Kier alpha value is -3.94. The van der Waals surface area contributed by atoms with Crippen LogP contribution >= 0.6 is 11.8 Å². The molecule has 0 aliphatic carbocycles. The topological polar surface area (TPSA) is 88.8 Å². The van der Waals surface area contributed by atoms with E-state index in [-0.39, 0.29) is 30.8 Å². The van der Waals surface area contributed by atoms with Gasteiger partial charge in [-0.25, -0.2) is 13.6 Å². The minimum atomic E-state index is -4.82. The lowest BCUT2D eigenvalue weighted by Gasteiger charge is -2.26. The maximum absolute atomic E-state index is 13.7. The Labute approximate surface area is 234 Å². The highest BCUT2D eigenvalue weighted by Crippen LogP contribution is 2.38. The summed E-state index contributed by atoms with van der Waals surface area (Å²) in [4.78, 5) is 30.8. The van der Waals surface area contributed by atoms with E-state index in [0.29, 0.717) is 52.5 Å². The third-order valence-electron chi connectivity index (χ3n) is 7.20. The summed E-state index contributed by atoms with van der Waals surface area (Å²) >= 11 is 1.22. The summed E-state index contributed by atoms with van der Waals surface area (Å²) in [6, 6.07) is 7.50. The predicted octanol–water partition coefficient (Wildman–Crippen LogP) is 5.37. The first kappa shape index (κ1) is 27.2. The average molecular weight is 592 g/mol. The number of aliphatic imine (C=N–C) groups is 1. The third kappa shape index (κ3) is 5.39. The summed E-state index contributed by atoms with van der Waals surface area (Å²) in [6.45, 7) is 1.00. The number of alkyl halides is 5. The summed E-state index contributed by atoms with van der Waals surface area (Å²) in [6.07, 6.45) is -1.41. The minimum Gasteiger partial charge on any atom is -0.447 e. The standard InChI is InChI=1S/C27H22F5N5O3S/c1-26(28,29)17-4-3-15(20(8-17)27(30,31)32)11-37-21-5-2-14(6-16(21)10-33-37)7-22-23(38)35-24(41-22)36-12-18-9-19(36)13-40-25(39)34-18/h2-8,10,18-19H,9,11-13H2,1H3,(H,34,39)/b22-7-/t18-,19-/m1/s1. The fourth-order valence-corrected chi connectivity index (χ4v) is 6.19. The molecule has 3 aliphatic rings. The molecule has 4 heterocycles. The molecule has 3 aromatic rings. The van der Waals surface area contributed by atoms with E-state index in [9.17, 15) is 31.5 Å². The highest BCUT2D eigenvalue weighted by molar-refractivity contribution is 8.18. The van der Waals surface area contributed by atoms with E-state index in [1.165, 1.54) is 22.6 Å². The van der Waals surface area contributed by atoms with E-state index in [2.05, 4.69) is 15.4 Å². The zero-order valence-corrected chi connectivity index (χ0v) is 22.2. The normalized spacial score (nSPS) is 22.2. The number of amides is 2. The Balaban J connectivity index is 1.21. The van der Waals surface area contributed by atoms with Crippen molar-refractivity contribution in [3.8, 4) is 0 Å². The smallest absolute Gasteiger partial charge is 0.416 e. The van der Waals surface area contributed by atoms with Crippen molar-refractivity contribution in [3.05, 3.63) is 69.8 Å². The van der Waals surface area contributed by atoms with E-state index in [1.807, 2.05) is 4.90 Å². The molecule has 3 aliphatic heterocycles. The van der Waals surface area contributed by atoms with Crippen molar-refractivity contribution in [2.45, 2.75) is 44.1 Å². The number of aromatic nitrogens is 2. The van der Waals surface area contributed by atoms with Crippen molar-refractivity contribution in [1.29, 1.82) is 0 Å². The van der Waals surface area contributed by atoms with Crippen molar-refractivity contribution in [2.75, 3.05) is 13.2 Å². The quantitative estimate of drug-likeness (QED) is 0.324. The number of likely N-dealkylation sites (tertiary alicyclic amines) is 1. The van der Waals surface area contributed by atoms with Crippen molar-refractivity contribution >= 4 is 45.9 Å². The van der Waals surface area contributed by atoms with Crippen LogP contribution in [-0.2, 0) is 28.2 Å². The Morgan fingerprint density at radius 2 is 1.95 bits per heavy atom. The maximum atomic E-state index is 13.7. The van der Waals surface area contributed by atoms with Gasteiger partial charge in [0.1, 0.15) is 6.61 Å². The van der Waals surface area contributed by atoms with Crippen LogP contribution in [0.4, 0.5) is 26.7 Å². The van der Waals surface area contributed by atoms with Gasteiger partial charge in [-0.1, -0.05) is 18.2 Å². The number of rotatable bonds is 4. The zero-order valence-electron chi connectivity index (χ0n) is 21.4. The average Bonchev–Trinajstić information content (AvgIpc) is 3.54. The van der Waals surface area contributed by atoms with Crippen LogP contribution in [0.3, 0.4) is 0 Å². The number of carbonyl (C=O) groups is 2. The number of benzene rings is 2. The highest BCUT2D eigenvalue weighted by atomic mass is 32.2. The van der Waals surface area contributed by atoms with Gasteiger partial charge in [-0.3, -0.25) is 9.48 Å². The lowest BCUT2D eigenvalue weighted by atomic mass is 10.0. The van der Waals surface area contributed by atoms with Gasteiger partial charge >= 0.3 is 12.3 Å². The van der Waals surface area contributed by atoms with Crippen LogP contribution in [0.1, 0.15) is 35.6 Å². The van der Waals surface area contributed by atoms with Gasteiger partial charge in [0.2, 0.25) is 0 Å². The number of alkyl carbamates (subject to hydrolysis) is 1. The molecule has 0 unspecified atom stereocenters. The molecule has 2 atom stereocenters. The molecule has 6 rings (SSSR count). The van der Waals surface area contributed by atoms with Crippen LogP contribution < -0.4 is 5.32 Å². The van der Waals surface area contributed by atoms with Gasteiger partial charge < -0.3 is 15.0 Å². The minimum absolute atomic E-state index is 0.0768. The number of fused-ring (bicyclic) bond motifs is 3. The molecule has 14 heteroatoms. The Bertz CT molecular complexity index is 1630. The SMILES string of the molecule is CC(F)(F)c1ccc(Cn2ncc3cc(/C=C4\SC(N5C[C@H]6C[C@@H]5COC(=O)N6)=NC4=O)ccc32)c(C(F)(F)F)c1. The van der Waals surface area contributed by atoms with Crippen LogP contribution in [0.5, 0.6) is 0 Å². The maximum Gasteiger partial charge on any atom is 0.416 e. The molecule has 2 bridgehead atoms. The predicted molar refractivity (Wildman–Crippen MR) is 141 cm³/mol. The monoisotopic (exact) mass is 591 g/mol. The number of nitrogens with one attached hydrogen (secondary N) is 1. The number of cyclic esters (lactones) is 1. The molecule has 2 saturated heterocycles. The number of hydrogen-bond acceptors (Lipinski definition) is 6. The number of amidine groups is 1. The van der Waals surface area contributed by atoms with Gasteiger partial charge in [0.05, 0.1) is 40.8 Å². The number of nitrogens with zero attached hydrogens (tertiary/aromatic N) is 4. The molecule has 0 spiro atoms. The van der Waals surface area contributed by atoms with Crippen molar-refractivity contribution in [3.63, 3.8) is 0 Å². The fraction of sp³-hybridized carbons (Fsp3) is 0.333. The molecule has 214 valence electrons. The van der Waals surface area contributed by atoms with Gasteiger partial charge in [0.25, 0.3) is 11.8 Å². The molecule has 0 radical (unpaired) electrons. The molecule has 8 nitrogen and oxygen atoms in total. The largest absolute Gasteiger partial charge is 0.447 e. The second-order valence-corrected chi connectivity index (χ2v) is 11.2. The molecule has 0 saturated carbocycles. The summed E-state index contributed by atoms with van der Waals surface area (Å²) in [5, 5.41) is 8.16. The van der Waals surface area contributed by atoms with E-state index < -0.39 is 35.2 Å². The molecule has 1 N–H and O–H groups in total. The fourth-order valence-electron chi connectivity index (χ4n) is 5.20.